The quantitative estimate of drug-likeness (QED) is 0.170. The zero-order chi connectivity index (χ0) is 37.0. The highest BCUT2D eigenvalue weighted by Gasteiger charge is 2.21. The van der Waals surface area contributed by atoms with Crippen LogP contribution >= 0.6 is 11.3 Å². The van der Waals surface area contributed by atoms with Crippen LogP contribution < -0.4 is 0 Å². The lowest BCUT2D eigenvalue weighted by molar-refractivity contribution is 0.623. The molecule has 8 aromatic carbocycles. The Bertz CT molecular complexity index is 3240. The maximum absolute atomic E-state index is 6.59. The molecule has 0 atom stereocenters. The summed E-state index contributed by atoms with van der Waals surface area (Å²) in [4.78, 5) is 20.7. The molecule has 0 amide bonds. The number of aromatic nitrogens is 4. The third-order valence-corrected chi connectivity index (χ3v) is 11.6. The number of nitrogens with zero attached hydrogens (tertiary/aromatic N) is 4. The third-order valence-electron chi connectivity index (χ3n) is 10.4. The van der Waals surface area contributed by atoms with Gasteiger partial charge in [0.25, 0.3) is 0 Å². The van der Waals surface area contributed by atoms with Gasteiger partial charge in [-0.3, -0.25) is 0 Å². The number of benzene rings is 8. The largest absolute Gasteiger partial charge is 0.435 e. The fourth-order valence-corrected chi connectivity index (χ4v) is 8.92. The molecule has 3 heterocycles. The summed E-state index contributed by atoms with van der Waals surface area (Å²) >= 11 is 1.77. The zero-order valence-corrected chi connectivity index (χ0v) is 30.7. The van der Waals surface area contributed by atoms with Crippen LogP contribution in [0.5, 0.6) is 0 Å². The Morgan fingerprint density at radius 3 is 1.79 bits per heavy atom. The van der Waals surface area contributed by atoms with E-state index in [-0.39, 0.29) is 0 Å². The molecule has 56 heavy (non-hydrogen) atoms. The van der Waals surface area contributed by atoms with Crippen molar-refractivity contribution in [3.05, 3.63) is 182 Å². The lowest BCUT2D eigenvalue weighted by Gasteiger charge is -2.14. The number of hydrogen-bond acceptors (Lipinski definition) is 6. The molecule has 6 heteroatoms. The van der Waals surface area contributed by atoms with E-state index in [4.69, 9.17) is 24.4 Å². The van der Waals surface area contributed by atoms with E-state index in [2.05, 4.69) is 133 Å². The summed E-state index contributed by atoms with van der Waals surface area (Å²) in [5.74, 6) is 2.43. The van der Waals surface area contributed by atoms with Crippen molar-refractivity contribution in [3.8, 4) is 67.9 Å². The summed E-state index contributed by atoms with van der Waals surface area (Å²) in [7, 11) is 0. The van der Waals surface area contributed by atoms with Gasteiger partial charge in [0.1, 0.15) is 5.52 Å². The van der Waals surface area contributed by atoms with Gasteiger partial charge in [0.05, 0.1) is 0 Å². The summed E-state index contributed by atoms with van der Waals surface area (Å²) in [5, 5.41) is 4.48. The topological polar surface area (TPSA) is 64.7 Å². The molecule has 0 radical (unpaired) electrons. The maximum Gasteiger partial charge on any atom is 0.227 e. The molecule has 0 aliphatic heterocycles. The van der Waals surface area contributed by atoms with E-state index in [1.54, 1.807) is 11.3 Å². The number of rotatable bonds is 6. The van der Waals surface area contributed by atoms with Crippen molar-refractivity contribution in [2.45, 2.75) is 0 Å². The molecule has 0 fully saturated rings. The SMILES string of the molecule is c1ccc(-c2ccc(-c3nc(-c4ccccc4-c4cccc5ccc6nc(-c7ccccc7)oc6c45)nc(-c4cccc5c4sc4ccccc45)n3)cc2)cc1. The fourth-order valence-electron chi connectivity index (χ4n) is 7.71. The molecule has 0 aliphatic carbocycles. The van der Waals surface area contributed by atoms with Crippen LogP contribution in [0.25, 0.3) is 110 Å². The summed E-state index contributed by atoms with van der Waals surface area (Å²) in [6, 6.07) is 62.8. The van der Waals surface area contributed by atoms with Gasteiger partial charge in [0.15, 0.2) is 23.1 Å². The van der Waals surface area contributed by atoms with Gasteiger partial charge in [0, 0.05) is 47.8 Å². The molecule has 0 N–H and O–H groups in total. The zero-order valence-electron chi connectivity index (χ0n) is 29.9. The van der Waals surface area contributed by atoms with Crippen molar-refractivity contribution >= 4 is 53.4 Å². The molecule has 0 saturated heterocycles. The monoisotopic (exact) mass is 734 g/mol. The van der Waals surface area contributed by atoms with Crippen molar-refractivity contribution < 1.29 is 4.42 Å². The second-order valence-electron chi connectivity index (χ2n) is 13.8. The van der Waals surface area contributed by atoms with Gasteiger partial charge >= 0.3 is 0 Å². The van der Waals surface area contributed by atoms with Crippen LogP contribution in [0.3, 0.4) is 0 Å². The smallest absolute Gasteiger partial charge is 0.227 e. The Morgan fingerprint density at radius 2 is 0.964 bits per heavy atom. The van der Waals surface area contributed by atoms with Gasteiger partial charge < -0.3 is 4.42 Å². The van der Waals surface area contributed by atoms with Crippen LogP contribution in [0.4, 0.5) is 0 Å². The molecule has 0 unspecified atom stereocenters. The first-order chi connectivity index (χ1) is 27.7. The predicted octanol–water partition coefficient (Wildman–Crippen LogP) is 13.5. The van der Waals surface area contributed by atoms with Gasteiger partial charge in [-0.25, -0.2) is 19.9 Å². The molecule has 11 aromatic rings. The predicted molar refractivity (Wildman–Crippen MR) is 230 cm³/mol. The third kappa shape index (κ3) is 5.46. The molecule has 0 saturated carbocycles. The molecule has 11 rings (SSSR count). The van der Waals surface area contributed by atoms with E-state index in [0.717, 1.165) is 71.1 Å². The second-order valence-corrected chi connectivity index (χ2v) is 14.8. The summed E-state index contributed by atoms with van der Waals surface area (Å²) in [6.45, 7) is 0. The molecule has 3 aromatic heterocycles. The molecule has 5 nitrogen and oxygen atoms in total. The van der Waals surface area contributed by atoms with Gasteiger partial charge in [-0.05, 0) is 58.0 Å². The van der Waals surface area contributed by atoms with Crippen molar-refractivity contribution in [1.29, 1.82) is 0 Å². The van der Waals surface area contributed by atoms with Crippen LogP contribution in [-0.4, -0.2) is 19.9 Å². The minimum absolute atomic E-state index is 0.594. The molecule has 0 aliphatic rings. The van der Waals surface area contributed by atoms with Crippen molar-refractivity contribution in [2.75, 3.05) is 0 Å². The summed E-state index contributed by atoms with van der Waals surface area (Å²) in [6.07, 6.45) is 0. The van der Waals surface area contributed by atoms with Gasteiger partial charge in [-0.15, -0.1) is 11.3 Å². The maximum atomic E-state index is 6.59. The highest BCUT2D eigenvalue weighted by atomic mass is 32.1. The number of fused-ring (bicyclic) bond motifs is 6. The molecule has 0 spiro atoms. The summed E-state index contributed by atoms with van der Waals surface area (Å²) < 4.78 is 8.97. The summed E-state index contributed by atoms with van der Waals surface area (Å²) in [5.41, 5.74) is 9.58. The first kappa shape index (κ1) is 32.2. The molecule has 262 valence electrons. The van der Waals surface area contributed by atoms with Gasteiger partial charge in [-0.1, -0.05) is 152 Å². The average molecular weight is 735 g/mol. The lowest BCUT2D eigenvalue weighted by atomic mass is 9.93. The minimum atomic E-state index is 0.594. The lowest BCUT2D eigenvalue weighted by Crippen LogP contribution is -2.01. The van der Waals surface area contributed by atoms with Crippen LogP contribution in [0, 0.1) is 0 Å². The first-order valence-electron chi connectivity index (χ1n) is 18.6. The standard InChI is InChI=1S/C50H30N4OS/c1-3-13-31(14-4-1)32-25-27-34(28-26-32)47-52-48(54-49(53-47)41-23-12-22-39-37-19-9-10-24-43(37)56-46(39)41)40-20-8-7-18-36(40)38-21-11-17-33-29-30-42-45(44(33)38)55-50(51-42)35-15-5-2-6-16-35/h1-30H. The highest BCUT2D eigenvalue weighted by Crippen LogP contribution is 2.42. The number of oxazole rings is 1. The highest BCUT2D eigenvalue weighted by molar-refractivity contribution is 7.26. The van der Waals surface area contributed by atoms with Gasteiger partial charge in [-0.2, -0.15) is 0 Å². The molecular weight excluding hydrogens is 705 g/mol. The average Bonchev–Trinajstić information content (AvgIpc) is 3.89. The van der Waals surface area contributed by atoms with E-state index in [9.17, 15) is 0 Å². The Kier molecular flexibility index (Phi) is 7.60. The minimum Gasteiger partial charge on any atom is -0.435 e. The Labute approximate surface area is 326 Å². The van der Waals surface area contributed by atoms with Crippen molar-refractivity contribution in [1.82, 2.24) is 19.9 Å². The van der Waals surface area contributed by atoms with E-state index < -0.39 is 0 Å². The van der Waals surface area contributed by atoms with Crippen LogP contribution in [-0.2, 0) is 0 Å². The van der Waals surface area contributed by atoms with Crippen LogP contribution in [0.2, 0.25) is 0 Å². The van der Waals surface area contributed by atoms with Crippen LogP contribution in [0.15, 0.2) is 186 Å². The Hall–Kier alpha value is -7.28. The first-order valence-corrected chi connectivity index (χ1v) is 19.4. The van der Waals surface area contributed by atoms with Crippen molar-refractivity contribution in [2.24, 2.45) is 0 Å². The van der Waals surface area contributed by atoms with E-state index in [1.165, 1.54) is 15.5 Å². The molecule has 0 bridgehead atoms. The Morgan fingerprint density at radius 1 is 0.375 bits per heavy atom. The van der Waals surface area contributed by atoms with E-state index >= 15 is 0 Å². The van der Waals surface area contributed by atoms with Crippen molar-refractivity contribution in [3.63, 3.8) is 0 Å². The van der Waals surface area contributed by atoms with Crippen LogP contribution in [0.1, 0.15) is 0 Å². The second kappa shape index (κ2) is 13.2. The molecular formula is C50H30N4OS. The van der Waals surface area contributed by atoms with E-state index in [0.29, 0.717) is 23.4 Å². The normalized spacial score (nSPS) is 11.6. The number of hydrogen-bond donors (Lipinski definition) is 0. The Balaban J connectivity index is 1.13. The van der Waals surface area contributed by atoms with Gasteiger partial charge in [0.2, 0.25) is 5.89 Å². The number of thiophene rings is 1. The van der Waals surface area contributed by atoms with E-state index in [1.807, 2.05) is 48.5 Å². The fraction of sp³-hybridized carbons (Fsp3) is 0.